The SMILES string of the molecule is Cc1cccc(C(=O)NCCCC2CNC2)c1. The second kappa shape index (κ2) is 5.82. The van der Waals surface area contributed by atoms with Crippen LogP contribution in [0.5, 0.6) is 0 Å². The van der Waals surface area contributed by atoms with E-state index in [0.717, 1.165) is 43.1 Å². The Kier molecular flexibility index (Phi) is 4.15. The molecule has 0 saturated carbocycles. The first-order valence-corrected chi connectivity index (χ1v) is 6.31. The van der Waals surface area contributed by atoms with Gasteiger partial charge in [0.2, 0.25) is 0 Å². The minimum absolute atomic E-state index is 0.0421. The van der Waals surface area contributed by atoms with Crippen molar-refractivity contribution in [1.29, 1.82) is 0 Å². The second-order valence-electron chi connectivity index (χ2n) is 4.79. The summed E-state index contributed by atoms with van der Waals surface area (Å²) in [6, 6.07) is 7.70. The van der Waals surface area contributed by atoms with Crippen LogP contribution in [0.25, 0.3) is 0 Å². The van der Waals surface area contributed by atoms with E-state index < -0.39 is 0 Å². The Balaban J connectivity index is 1.69. The van der Waals surface area contributed by atoms with Crippen LogP contribution in [0.2, 0.25) is 0 Å². The van der Waals surface area contributed by atoms with Gasteiger partial charge in [0, 0.05) is 12.1 Å². The smallest absolute Gasteiger partial charge is 0.251 e. The number of carbonyl (C=O) groups is 1. The van der Waals surface area contributed by atoms with Gasteiger partial charge in [-0.1, -0.05) is 17.7 Å². The minimum atomic E-state index is 0.0421. The van der Waals surface area contributed by atoms with Crippen LogP contribution >= 0.6 is 0 Å². The molecule has 3 nitrogen and oxygen atoms in total. The molecule has 1 fully saturated rings. The van der Waals surface area contributed by atoms with E-state index in [1.54, 1.807) is 0 Å². The molecule has 0 radical (unpaired) electrons. The van der Waals surface area contributed by atoms with E-state index in [4.69, 9.17) is 0 Å². The van der Waals surface area contributed by atoms with Crippen LogP contribution < -0.4 is 10.6 Å². The summed E-state index contributed by atoms with van der Waals surface area (Å²) >= 11 is 0. The fraction of sp³-hybridized carbons (Fsp3) is 0.500. The summed E-state index contributed by atoms with van der Waals surface area (Å²) in [6.45, 7) is 5.07. The van der Waals surface area contributed by atoms with E-state index in [2.05, 4.69) is 10.6 Å². The molecule has 92 valence electrons. The fourth-order valence-electron chi connectivity index (χ4n) is 2.03. The van der Waals surface area contributed by atoms with Gasteiger partial charge in [0.1, 0.15) is 0 Å². The Labute approximate surface area is 103 Å². The molecule has 1 saturated heterocycles. The van der Waals surface area contributed by atoms with E-state index in [9.17, 15) is 4.79 Å². The predicted molar refractivity (Wildman–Crippen MR) is 69.1 cm³/mol. The van der Waals surface area contributed by atoms with Crippen LogP contribution in [0.3, 0.4) is 0 Å². The van der Waals surface area contributed by atoms with E-state index >= 15 is 0 Å². The van der Waals surface area contributed by atoms with E-state index in [1.807, 2.05) is 31.2 Å². The van der Waals surface area contributed by atoms with E-state index in [0.29, 0.717) is 0 Å². The number of nitrogens with one attached hydrogen (secondary N) is 2. The monoisotopic (exact) mass is 232 g/mol. The first kappa shape index (κ1) is 12.1. The summed E-state index contributed by atoms with van der Waals surface area (Å²) in [5.41, 5.74) is 1.88. The number of aryl methyl sites for hydroxylation is 1. The third-order valence-electron chi connectivity index (χ3n) is 3.22. The second-order valence-corrected chi connectivity index (χ2v) is 4.79. The van der Waals surface area contributed by atoms with Crippen molar-refractivity contribution in [2.75, 3.05) is 19.6 Å². The summed E-state index contributed by atoms with van der Waals surface area (Å²) in [5.74, 6) is 0.867. The Bertz CT molecular complexity index is 386. The topological polar surface area (TPSA) is 41.1 Å². The first-order valence-electron chi connectivity index (χ1n) is 6.31. The molecule has 0 aliphatic carbocycles. The van der Waals surface area contributed by atoms with Crippen LogP contribution in [0.15, 0.2) is 24.3 Å². The molecule has 2 rings (SSSR count). The first-order chi connectivity index (χ1) is 8.25. The van der Waals surface area contributed by atoms with E-state index in [-0.39, 0.29) is 5.91 Å². The standard InChI is InChI=1S/C14H20N2O/c1-11-4-2-6-13(8-11)14(17)16-7-3-5-12-9-15-10-12/h2,4,6,8,12,15H,3,5,7,9-10H2,1H3,(H,16,17). The Hall–Kier alpha value is -1.35. The lowest BCUT2D eigenvalue weighted by Crippen LogP contribution is -2.42. The fourth-order valence-corrected chi connectivity index (χ4v) is 2.03. The van der Waals surface area contributed by atoms with Gasteiger partial charge < -0.3 is 10.6 Å². The molecule has 3 heteroatoms. The molecule has 0 unspecified atom stereocenters. The summed E-state index contributed by atoms with van der Waals surface area (Å²) in [6.07, 6.45) is 2.28. The molecule has 1 amide bonds. The quantitative estimate of drug-likeness (QED) is 0.759. The van der Waals surface area contributed by atoms with Crippen molar-refractivity contribution < 1.29 is 4.79 Å². The molecule has 1 aromatic carbocycles. The number of amides is 1. The molecule has 0 bridgehead atoms. The maximum atomic E-state index is 11.8. The number of hydrogen-bond acceptors (Lipinski definition) is 2. The summed E-state index contributed by atoms with van der Waals surface area (Å²) < 4.78 is 0. The molecule has 0 aromatic heterocycles. The van der Waals surface area contributed by atoms with Gasteiger partial charge >= 0.3 is 0 Å². The van der Waals surface area contributed by atoms with Crippen LogP contribution in [-0.2, 0) is 0 Å². The van der Waals surface area contributed by atoms with Crippen LogP contribution in [0, 0.1) is 12.8 Å². The Morgan fingerprint density at radius 2 is 2.29 bits per heavy atom. The van der Waals surface area contributed by atoms with Gasteiger partial charge in [0.15, 0.2) is 0 Å². The lowest BCUT2D eigenvalue weighted by molar-refractivity contribution is 0.0952. The number of rotatable bonds is 5. The number of carbonyl (C=O) groups excluding carboxylic acids is 1. The third kappa shape index (κ3) is 3.56. The highest BCUT2D eigenvalue weighted by molar-refractivity contribution is 5.94. The van der Waals surface area contributed by atoms with Crippen molar-refractivity contribution in [2.24, 2.45) is 5.92 Å². The zero-order valence-corrected chi connectivity index (χ0v) is 10.3. The highest BCUT2D eigenvalue weighted by Gasteiger charge is 2.15. The molecule has 0 spiro atoms. The predicted octanol–water partition coefficient (Wildman–Crippen LogP) is 1.72. The van der Waals surface area contributed by atoms with Crippen molar-refractivity contribution in [2.45, 2.75) is 19.8 Å². The molecule has 1 heterocycles. The van der Waals surface area contributed by atoms with E-state index in [1.165, 1.54) is 6.42 Å². The highest BCUT2D eigenvalue weighted by atomic mass is 16.1. The summed E-state index contributed by atoms with van der Waals surface area (Å²) in [5, 5.41) is 6.23. The normalized spacial score (nSPS) is 15.4. The maximum absolute atomic E-state index is 11.8. The summed E-state index contributed by atoms with van der Waals surface area (Å²) in [4.78, 5) is 11.8. The molecule has 2 N–H and O–H groups in total. The molecule has 1 aromatic rings. The zero-order valence-electron chi connectivity index (χ0n) is 10.3. The lowest BCUT2D eigenvalue weighted by Gasteiger charge is -2.26. The maximum Gasteiger partial charge on any atom is 0.251 e. The Morgan fingerprint density at radius 3 is 2.94 bits per heavy atom. The van der Waals surface area contributed by atoms with Gasteiger partial charge in [-0.15, -0.1) is 0 Å². The minimum Gasteiger partial charge on any atom is -0.352 e. The zero-order chi connectivity index (χ0) is 12.1. The average Bonchev–Trinajstić information content (AvgIpc) is 2.26. The van der Waals surface area contributed by atoms with Crippen LogP contribution in [-0.4, -0.2) is 25.5 Å². The van der Waals surface area contributed by atoms with Crippen molar-refractivity contribution in [3.8, 4) is 0 Å². The lowest BCUT2D eigenvalue weighted by atomic mass is 9.97. The van der Waals surface area contributed by atoms with Crippen molar-refractivity contribution >= 4 is 5.91 Å². The van der Waals surface area contributed by atoms with Crippen molar-refractivity contribution in [3.05, 3.63) is 35.4 Å². The molecule has 0 atom stereocenters. The Morgan fingerprint density at radius 1 is 1.47 bits per heavy atom. The third-order valence-corrected chi connectivity index (χ3v) is 3.22. The van der Waals surface area contributed by atoms with Gasteiger partial charge in [-0.3, -0.25) is 4.79 Å². The van der Waals surface area contributed by atoms with Crippen molar-refractivity contribution in [3.63, 3.8) is 0 Å². The largest absolute Gasteiger partial charge is 0.352 e. The summed E-state index contributed by atoms with van der Waals surface area (Å²) in [7, 11) is 0. The van der Waals surface area contributed by atoms with Crippen LogP contribution in [0.1, 0.15) is 28.8 Å². The molecule has 1 aliphatic rings. The van der Waals surface area contributed by atoms with Crippen molar-refractivity contribution in [1.82, 2.24) is 10.6 Å². The van der Waals surface area contributed by atoms with Gasteiger partial charge in [0.05, 0.1) is 0 Å². The number of benzene rings is 1. The highest BCUT2D eigenvalue weighted by Crippen LogP contribution is 2.10. The molecular formula is C14H20N2O. The van der Waals surface area contributed by atoms with Gasteiger partial charge in [-0.25, -0.2) is 0 Å². The van der Waals surface area contributed by atoms with Gasteiger partial charge in [-0.2, -0.15) is 0 Å². The van der Waals surface area contributed by atoms with Gasteiger partial charge in [0.25, 0.3) is 5.91 Å². The molecule has 17 heavy (non-hydrogen) atoms. The molecular weight excluding hydrogens is 212 g/mol. The van der Waals surface area contributed by atoms with Gasteiger partial charge in [-0.05, 0) is 50.9 Å². The van der Waals surface area contributed by atoms with Crippen LogP contribution in [0.4, 0.5) is 0 Å². The average molecular weight is 232 g/mol. The molecule has 1 aliphatic heterocycles. The number of hydrogen-bond donors (Lipinski definition) is 2.